The number of benzene rings is 1. The quantitative estimate of drug-likeness (QED) is 0.568. The Kier molecular flexibility index (Phi) is 6.43. The van der Waals surface area contributed by atoms with E-state index in [0.717, 1.165) is 32.1 Å². The summed E-state index contributed by atoms with van der Waals surface area (Å²) in [5.74, 6) is -0.960. The van der Waals surface area contributed by atoms with Gasteiger partial charge in [-0.25, -0.2) is 4.79 Å². The van der Waals surface area contributed by atoms with Crippen molar-refractivity contribution in [2.45, 2.75) is 64.5 Å². The standard InChI is InChI=1S/C22H29N3O5/c1-22(2,3)30-21(29)24-12-11-23-18(26)14-9-10-16-17(13-14)20(28)25(19(16)27)15-7-5-4-6-8-15/h9-10,13,15H,4-8,11-12H2,1-3H3,(H,23,26)(H,24,29). The lowest BCUT2D eigenvalue weighted by molar-refractivity contribution is 0.0521. The topological polar surface area (TPSA) is 105 Å². The van der Waals surface area contributed by atoms with E-state index < -0.39 is 11.7 Å². The van der Waals surface area contributed by atoms with Crippen molar-refractivity contribution in [2.75, 3.05) is 13.1 Å². The van der Waals surface area contributed by atoms with E-state index in [1.54, 1.807) is 32.9 Å². The fraction of sp³-hybridized carbons (Fsp3) is 0.545. The minimum Gasteiger partial charge on any atom is -0.444 e. The lowest BCUT2D eigenvalue weighted by atomic mass is 9.94. The van der Waals surface area contributed by atoms with Crippen LogP contribution in [0.3, 0.4) is 0 Å². The molecule has 0 spiro atoms. The first-order valence-corrected chi connectivity index (χ1v) is 10.4. The minimum absolute atomic E-state index is 0.0534. The Morgan fingerprint density at radius 2 is 1.63 bits per heavy atom. The van der Waals surface area contributed by atoms with Gasteiger partial charge in [-0.3, -0.25) is 19.3 Å². The molecule has 2 aliphatic rings. The fourth-order valence-electron chi connectivity index (χ4n) is 3.83. The van der Waals surface area contributed by atoms with E-state index in [2.05, 4.69) is 10.6 Å². The van der Waals surface area contributed by atoms with E-state index in [1.807, 2.05) is 0 Å². The molecule has 162 valence electrons. The molecular formula is C22H29N3O5. The molecule has 0 radical (unpaired) electrons. The zero-order chi connectivity index (χ0) is 21.9. The third-order valence-electron chi connectivity index (χ3n) is 5.20. The number of ether oxygens (including phenoxy) is 1. The number of alkyl carbamates (subject to hydrolysis) is 1. The molecule has 0 saturated heterocycles. The van der Waals surface area contributed by atoms with E-state index in [-0.39, 0.29) is 42.4 Å². The van der Waals surface area contributed by atoms with Crippen LogP contribution in [0.4, 0.5) is 4.79 Å². The number of nitrogens with one attached hydrogen (secondary N) is 2. The normalized spacial score (nSPS) is 17.0. The first-order chi connectivity index (χ1) is 14.2. The molecule has 1 aromatic carbocycles. The largest absolute Gasteiger partial charge is 0.444 e. The summed E-state index contributed by atoms with van der Waals surface area (Å²) in [5.41, 5.74) is 0.351. The van der Waals surface area contributed by atoms with Crippen LogP contribution in [0.5, 0.6) is 0 Å². The number of rotatable bonds is 5. The van der Waals surface area contributed by atoms with Crippen molar-refractivity contribution < 1.29 is 23.9 Å². The molecule has 4 amide bonds. The summed E-state index contributed by atoms with van der Waals surface area (Å²) in [4.78, 5) is 51.0. The molecule has 1 aromatic rings. The van der Waals surface area contributed by atoms with Crippen LogP contribution in [-0.4, -0.2) is 53.4 Å². The van der Waals surface area contributed by atoms with Gasteiger partial charge in [-0.2, -0.15) is 0 Å². The number of nitrogens with zero attached hydrogens (tertiary/aromatic N) is 1. The fourth-order valence-corrected chi connectivity index (χ4v) is 3.83. The molecular weight excluding hydrogens is 386 g/mol. The third-order valence-corrected chi connectivity index (χ3v) is 5.20. The second-order valence-electron chi connectivity index (χ2n) is 8.72. The number of fused-ring (bicyclic) bond motifs is 1. The highest BCUT2D eigenvalue weighted by Crippen LogP contribution is 2.31. The minimum atomic E-state index is -0.590. The van der Waals surface area contributed by atoms with Crippen LogP contribution in [0.2, 0.25) is 0 Å². The van der Waals surface area contributed by atoms with Crippen molar-refractivity contribution in [3.8, 4) is 0 Å². The molecule has 2 N–H and O–H groups in total. The maximum Gasteiger partial charge on any atom is 0.407 e. The molecule has 8 heteroatoms. The Balaban J connectivity index is 1.57. The Labute approximate surface area is 176 Å². The Morgan fingerprint density at radius 1 is 1.00 bits per heavy atom. The van der Waals surface area contributed by atoms with Crippen molar-refractivity contribution in [3.63, 3.8) is 0 Å². The van der Waals surface area contributed by atoms with E-state index in [9.17, 15) is 19.2 Å². The Hall–Kier alpha value is -2.90. The van der Waals surface area contributed by atoms with E-state index in [4.69, 9.17) is 4.74 Å². The molecule has 8 nitrogen and oxygen atoms in total. The number of amides is 4. The van der Waals surface area contributed by atoms with Gasteiger partial charge < -0.3 is 15.4 Å². The highest BCUT2D eigenvalue weighted by Gasteiger charge is 2.40. The van der Waals surface area contributed by atoms with Crippen LogP contribution >= 0.6 is 0 Å². The highest BCUT2D eigenvalue weighted by atomic mass is 16.6. The summed E-state index contributed by atoms with van der Waals surface area (Å²) in [6.45, 7) is 5.71. The molecule has 1 heterocycles. The van der Waals surface area contributed by atoms with Crippen LogP contribution in [0, 0.1) is 0 Å². The first kappa shape index (κ1) is 21.8. The van der Waals surface area contributed by atoms with E-state index >= 15 is 0 Å². The van der Waals surface area contributed by atoms with Crippen LogP contribution in [0.15, 0.2) is 18.2 Å². The molecule has 0 atom stereocenters. The molecule has 1 aliphatic carbocycles. The molecule has 1 saturated carbocycles. The number of hydrogen-bond donors (Lipinski definition) is 2. The molecule has 0 bridgehead atoms. The zero-order valence-corrected chi connectivity index (χ0v) is 17.7. The molecule has 0 unspecified atom stereocenters. The Morgan fingerprint density at radius 3 is 2.30 bits per heavy atom. The third kappa shape index (κ3) is 4.98. The predicted molar refractivity (Wildman–Crippen MR) is 110 cm³/mol. The summed E-state index contributed by atoms with van der Waals surface area (Å²) < 4.78 is 5.12. The summed E-state index contributed by atoms with van der Waals surface area (Å²) in [5, 5.41) is 5.25. The van der Waals surface area contributed by atoms with Gasteiger partial charge >= 0.3 is 6.09 Å². The van der Waals surface area contributed by atoms with Crippen LogP contribution < -0.4 is 10.6 Å². The van der Waals surface area contributed by atoms with Gasteiger partial charge in [-0.05, 0) is 51.8 Å². The van der Waals surface area contributed by atoms with Gasteiger partial charge in [0, 0.05) is 24.7 Å². The molecule has 1 fully saturated rings. The smallest absolute Gasteiger partial charge is 0.407 e. The van der Waals surface area contributed by atoms with Crippen molar-refractivity contribution in [3.05, 3.63) is 34.9 Å². The summed E-state index contributed by atoms with van der Waals surface area (Å²) >= 11 is 0. The van der Waals surface area contributed by atoms with Gasteiger partial charge in [0.25, 0.3) is 17.7 Å². The lowest BCUT2D eigenvalue weighted by Gasteiger charge is -2.29. The van der Waals surface area contributed by atoms with Gasteiger partial charge in [0.15, 0.2) is 0 Å². The van der Waals surface area contributed by atoms with Crippen molar-refractivity contribution >= 4 is 23.8 Å². The number of carbonyl (C=O) groups is 4. The monoisotopic (exact) mass is 415 g/mol. The summed E-state index contributed by atoms with van der Waals surface area (Å²) in [6.07, 6.45) is 4.28. The van der Waals surface area contributed by atoms with Gasteiger partial charge in [0.05, 0.1) is 11.1 Å². The maximum atomic E-state index is 12.8. The second kappa shape index (κ2) is 8.85. The SMILES string of the molecule is CC(C)(C)OC(=O)NCCNC(=O)c1ccc2c(c1)C(=O)N(C1CCCCC1)C2=O. The maximum absolute atomic E-state index is 12.8. The van der Waals surface area contributed by atoms with Gasteiger partial charge in [0.1, 0.15) is 5.60 Å². The van der Waals surface area contributed by atoms with Crippen LogP contribution in [0.25, 0.3) is 0 Å². The zero-order valence-electron chi connectivity index (χ0n) is 17.7. The van der Waals surface area contributed by atoms with Crippen molar-refractivity contribution in [1.82, 2.24) is 15.5 Å². The average molecular weight is 415 g/mol. The number of imide groups is 1. The van der Waals surface area contributed by atoms with E-state index in [1.165, 1.54) is 11.0 Å². The van der Waals surface area contributed by atoms with Crippen LogP contribution in [0.1, 0.15) is 83.9 Å². The molecule has 0 aromatic heterocycles. The van der Waals surface area contributed by atoms with Crippen LogP contribution in [-0.2, 0) is 4.74 Å². The van der Waals surface area contributed by atoms with E-state index in [0.29, 0.717) is 11.1 Å². The van der Waals surface area contributed by atoms with Gasteiger partial charge in [0.2, 0.25) is 0 Å². The lowest BCUT2D eigenvalue weighted by Crippen LogP contribution is -2.40. The Bertz CT molecular complexity index is 853. The number of hydrogen-bond acceptors (Lipinski definition) is 5. The van der Waals surface area contributed by atoms with Gasteiger partial charge in [-0.1, -0.05) is 19.3 Å². The molecule has 1 aliphatic heterocycles. The summed E-state index contributed by atoms with van der Waals surface area (Å²) in [7, 11) is 0. The predicted octanol–water partition coefficient (Wildman–Crippen LogP) is 2.87. The van der Waals surface area contributed by atoms with Crippen molar-refractivity contribution in [2.24, 2.45) is 0 Å². The van der Waals surface area contributed by atoms with Gasteiger partial charge in [-0.15, -0.1) is 0 Å². The second-order valence-corrected chi connectivity index (χ2v) is 8.72. The average Bonchev–Trinajstić information content (AvgIpc) is 2.94. The summed E-state index contributed by atoms with van der Waals surface area (Å²) in [6, 6.07) is 4.52. The number of carbonyl (C=O) groups excluding carboxylic acids is 4. The van der Waals surface area contributed by atoms with Crippen molar-refractivity contribution in [1.29, 1.82) is 0 Å². The molecule has 3 rings (SSSR count). The molecule has 30 heavy (non-hydrogen) atoms. The highest BCUT2D eigenvalue weighted by molar-refractivity contribution is 6.22. The first-order valence-electron chi connectivity index (χ1n) is 10.4.